The van der Waals surface area contributed by atoms with Gasteiger partial charge in [0, 0.05) is 18.8 Å². The first-order chi connectivity index (χ1) is 15.5. The maximum Gasteiger partial charge on any atom is 0.405 e. The lowest BCUT2D eigenvalue weighted by atomic mass is 9.93. The van der Waals surface area contributed by atoms with Crippen LogP contribution in [0, 0.1) is 11.8 Å². The molecule has 0 spiro atoms. The van der Waals surface area contributed by atoms with E-state index in [0.29, 0.717) is 12.0 Å². The molecule has 0 saturated heterocycles. The van der Waals surface area contributed by atoms with Gasteiger partial charge in [-0.15, -0.1) is 0 Å². The van der Waals surface area contributed by atoms with Crippen LogP contribution >= 0.6 is 0 Å². The van der Waals surface area contributed by atoms with E-state index in [0.717, 1.165) is 0 Å². The number of hydrogen-bond acceptors (Lipinski definition) is 6. The van der Waals surface area contributed by atoms with Gasteiger partial charge in [-0.1, -0.05) is 40.2 Å². The normalized spacial score (nSPS) is 14.5. The molecule has 11 nitrogen and oxygen atoms in total. The van der Waals surface area contributed by atoms with E-state index in [4.69, 9.17) is 10.8 Å². The summed E-state index contributed by atoms with van der Waals surface area (Å²) in [6, 6.07) is -0.0911. The van der Waals surface area contributed by atoms with Crippen LogP contribution in [0.3, 0.4) is 0 Å². The topological polar surface area (TPSA) is 181 Å². The second-order valence-corrected chi connectivity index (χ2v) is 8.36. The van der Waals surface area contributed by atoms with E-state index in [1.54, 1.807) is 32.2 Å². The SMILES string of the molecule is CC[C@H](C)C(NC(=O)[C@H](CC(C)C)NC(=O)O)C(=O)C(=O)N[C@@H](Cc1cccnc1)C(N)=O. The van der Waals surface area contributed by atoms with E-state index in [-0.39, 0.29) is 18.8 Å². The highest BCUT2D eigenvalue weighted by molar-refractivity contribution is 6.38. The summed E-state index contributed by atoms with van der Waals surface area (Å²) >= 11 is 0. The number of rotatable bonds is 13. The largest absolute Gasteiger partial charge is 0.465 e. The standard InChI is InChI=1S/C22H33N5O6/c1-5-13(4)17(27-20(30)16(9-12(2)3)26-22(32)33)18(28)21(31)25-15(19(23)29)10-14-7-6-8-24-11-14/h6-8,11-13,15-17,26H,5,9-10H2,1-4H3,(H2,23,29)(H,25,31)(H,27,30)(H,32,33)/t13-,15-,16-,17?/m0/s1. The fourth-order valence-electron chi connectivity index (χ4n) is 3.16. The van der Waals surface area contributed by atoms with Crippen LogP contribution in [0.4, 0.5) is 4.79 Å². The molecular weight excluding hydrogens is 430 g/mol. The number of ketones is 1. The zero-order valence-corrected chi connectivity index (χ0v) is 19.3. The van der Waals surface area contributed by atoms with Gasteiger partial charge in [0.25, 0.3) is 5.91 Å². The third kappa shape index (κ3) is 9.26. The molecule has 11 heteroatoms. The van der Waals surface area contributed by atoms with Crippen molar-refractivity contribution in [1.82, 2.24) is 20.9 Å². The molecule has 0 bridgehead atoms. The first kappa shape index (κ1) is 27.5. The van der Waals surface area contributed by atoms with Crippen LogP contribution in [0.1, 0.15) is 46.1 Å². The number of carbonyl (C=O) groups is 5. The van der Waals surface area contributed by atoms with Crippen molar-refractivity contribution in [2.24, 2.45) is 17.6 Å². The summed E-state index contributed by atoms with van der Waals surface area (Å²) in [6.07, 6.45) is 2.40. The molecule has 1 aromatic heterocycles. The van der Waals surface area contributed by atoms with Gasteiger partial charge in [-0.05, 0) is 29.9 Å². The first-order valence-electron chi connectivity index (χ1n) is 10.8. The number of carboxylic acid groups (broad SMARTS) is 1. The zero-order valence-electron chi connectivity index (χ0n) is 19.3. The fraction of sp³-hybridized carbons (Fsp3) is 0.545. The Bertz CT molecular complexity index is 845. The molecule has 0 saturated carbocycles. The number of carbonyl (C=O) groups excluding carboxylic acids is 4. The number of nitrogens with one attached hydrogen (secondary N) is 3. The van der Waals surface area contributed by atoms with Crippen molar-refractivity contribution in [3.63, 3.8) is 0 Å². The molecule has 1 aromatic rings. The summed E-state index contributed by atoms with van der Waals surface area (Å²) < 4.78 is 0. The van der Waals surface area contributed by atoms with Gasteiger partial charge in [0.15, 0.2) is 0 Å². The van der Waals surface area contributed by atoms with Crippen molar-refractivity contribution >= 4 is 29.6 Å². The minimum atomic E-state index is -1.38. The molecule has 4 amide bonds. The number of aromatic nitrogens is 1. The van der Waals surface area contributed by atoms with Crippen LogP contribution in [0.2, 0.25) is 0 Å². The Morgan fingerprint density at radius 1 is 1.06 bits per heavy atom. The lowest BCUT2D eigenvalue weighted by molar-refractivity contribution is -0.142. The van der Waals surface area contributed by atoms with Crippen molar-refractivity contribution < 1.29 is 29.1 Å². The van der Waals surface area contributed by atoms with E-state index in [9.17, 15) is 24.0 Å². The summed E-state index contributed by atoms with van der Waals surface area (Å²) in [7, 11) is 0. The van der Waals surface area contributed by atoms with E-state index >= 15 is 0 Å². The maximum absolute atomic E-state index is 12.9. The molecule has 0 aliphatic carbocycles. The monoisotopic (exact) mass is 463 g/mol. The molecule has 1 rings (SSSR count). The lowest BCUT2D eigenvalue weighted by Crippen LogP contribution is -2.57. The molecule has 33 heavy (non-hydrogen) atoms. The number of Topliss-reactive ketones (excluding diaryl/α,β-unsaturated/α-hetero) is 1. The van der Waals surface area contributed by atoms with Gasteiger partial charge in [0.05, 0.1) is 6.04 Å². The van der Waals surface area contributed by atoms with Gasteiger partial charge < -0.3 is 26.8 Å². The molecule has 6 N–H and O–H groups in total. The average molecular weight is 464 g/mol. The molecule has 4 atom stereocenters. The highest BCUT2D eigenvalue weighted by Gasteiger charge is 2.34. The van der Waals surface area contributed by atoms with Crippen LogP contribution in [-0.2, 0) is 25.6 Å². The second kappa shape index (κ2) is 13.1. The predicted molar refractivity (Wildman–Crippen MR) is 120 cm³/mol. The Balaban J connectivity index is 2.99. The molecule has 1 unspecified atom stereocenters. The quantitative estimate of drug-likeness (QED) is 0.262. The Morgan fingerprint density at radius 2 is 1.73 bits per heavy atom. The predicted octanol–water partition coefficient (Wildman–Crippen LogP) is 0.377. The van der Waals surface area contributed by atoms with E-state index in [1.165, 1.54) is 6.20 Å². The summed E-state index contributed by atoms with van der Waals surface area (Å²) in [5.74, 6) is -3.99. The summed E-state index contributed by atoms with van der Waals surface area (Å²) in [4.78, 5) is 65.2. The van der Waals surface area contributed by atoms with Crippen LogP contribution in [0.25, 0.3) is 0 Å². The summed E-state index contributed by atoms with van der Waals surface area (Å²) in [5.41, 5.74) is 6.03. The van der Waals surface area contributed by atoms with Crippen molar-refractivity contribution in [1.29, 1.82) is 0 Å². The van der Waals surface area contributed by atoms with Crippen LogP contribution < -0.4 is 21.7 Å². The van der Waals surface area contributed by atoms with Crippen molar-refractivity contribution in [3.8, 4) is 0 Å². The molecule has 182 valence electrons. The second-order valence-electron chi connectivity index (χ2n) is 8.36. The Labute approximate surface area is 192 Å². The van der Waals surface area contributed by atoms with Gasteiger partial charge >= 0.3 is 6.09 Å². The number of nitrogens with zero attached hydrogens (tertiary/aromatic N) is 1. The van der Waals surface area contributed by atoms with Crippen molar-refractivity contribution in [2.75, 3.05) is 0 Å². The van der Waals surface area contributed by atoms with Gasteiger partial charge in [0.2, 0.25) is 17.6 Å². The zero-order chi connectivity index (χ0) is 25.1. The number of primary amides is 1. The number of pyridine rings is 1. The van der Waals surface area contributed by atoms with Crippen molar-refractivity contribution in [3.05, 3.63) is 30.1 Å². The van der Waals surface area contributed by atoms with Gasteiger partial charge in [-0.3, -0.25) is 24.2 Å². The molecule has 0 aliphatic rings. The first-order valence-corrected chi connectivity index (χ1v) is 10.8. The van der Waals surface area contributed by atoms with E-state index in [1.807, 2.05) is 13.8 Å². The minimum absolute atomic E-state index is 0.00236. The van der Waals surface area contributed by atoms with Gasteiger partial charge in [-0.2, -0.15) is 0 Å². The van der Waals surface area contributed by atoms with Crippen LogP contribution in [0.5, 0.6) is 0 Å². The van der Waals surface area contributed by atoms with Crippen LogP contribution in [-0.4, -0.2) is 57.8 Å². The highest BCUT2D eigenvalue weighted by atomic mass is 16.4. The Morgan fingerprint density at radius 3 is 2.21 bits per heavy atom. The third-order valence-corrected chi connectivity index (χ3v) is 5.15. The molecule has 0 radical (unpaired) electrons. The van der Waals surface area contributed by atoms with Crippen LogP contribution in [0.15, 0.2) is 24.5 Å². The Hall–Kier alpha value is -3.50. The summed E-state index contributed by atoms with van der Waals surface area (Å²) in [5, 5.41) is 16.0. The van der Waals surface area contributed by atoms with Gasteiger partial charge in [-0.25, -0.2) is 4.79 Å². The average Bonchev–Trinajstić information content (AvgIpc) is 2.75. The third-order valence-electron chi connectivity index (χ3n) is 5.15. The molecule has 1 heterocycles. The maximum atomic E-state index is 12.9. The Kier molecular flexibility index (Phi) is 11.0. The smallest absolute Gasteiger partial charge is 0.405 e. The molecule has 0 fully saturated rings. The number of nitrogens with two attached hydrogens (primary N) is 1. The minimum Gasteiger partial charge on any atom is -0.465 e. The van der Waals surface area contributed by atoms with Gasteiger partial charge in [0.1, 0.15) is 12.1 Å². The highest BCUT2D eigenvalue weighted by Crippen LogP contribution is 2.12. The molecular formula is C22H33N5O6. The fourth-order valence-corrected chi connectivity index (χ4v) is 3.16. The van der Waals surface area contributed by atoms with E-state index in [2.05, 4.69) is 20.9 Å². The number of amides is 4. The lowest BCUT2D eigenvalue weighted by Gasteiger charge is -2.26. The summed E-state index contributed by atoms with van der Waals surface area (Å²) in [6.45, 7) is 7.10. The molecule has 0 aliphatic heterocycles. The molecule has 0 aromatic carbocycles. The number of hydrogen-bond donors (Lipinski definition) is 5. The van der Waals surface area contributed by atoms with E-state index < -0.39 is 53.6 Å². The van der Waals surface area contributed by atoms with Crippen molar-refractivity contribution in [2.45, 2.75) is 65.1 Å².